The minimum Gasteiger partial charge on any atom is -0.612 e. The van der Waals surface area contributed by atoms with Gasteiger partial charge < -0.3 is 24.3 Å². The molecule has 1 unspecified atom stereocenters. The van der Waals surface area contributed by atoms with Crippen LogP contribution in [0.3, 0.4) is 0 Å². The molecule has 2 aliphatic heterocycles. The van der Waals surface area contributed by atoms with Crippen molar-refractivity contribution in [3.8, 4) is 5.75 Å². The fourth-order valence-electron chi connectivity index (χ4n) is 4.63. The minimum atomic E-state index is -1.17. The zero-order valence-corrected chi connectivity index (χ0v) is 17.7. The maximum Gasteiger partial charge on any atom is 0.253 e. The second-order valence-electron chi connectivity index (χ2n) is 8.16. The van der Waals surface area contributed by atoms with Crippen LogP contribution in [0.4, 0.5) is 0 Å². The van der Waals surface area contributed by atoms with Gasteiger partial charge in [0.2, 0.25) is 0 Å². The van der Waals surface area contributed by atoms with E-state index in [0.717, 1.165) is 29.5 Å². The van der Waals surface area contributed by atoms with E-state index in [0.29, 0.717) is 42.3 Å². The van der Waals surface area contributed by atoms with Crippen molar-refractivity contribution in [1.29, 1.82) is 0 Å². The van der Waals surface area contributed by atoms with E-state index in [1.165, 1.54) is 11.8 Å². The zero-order valence-electron chi connectivity index (χ0n) is 16.8. The topological polar surface area (TPSA) is 91.8 Å². The quantitative estimate of drug-likeness (QED) is 0.652. The lowest BCUT2D eigenvalue weighted by atomic mass is 9.74. The van der Waals surface area contributed by atoms with Crippen LogP contribution in [-0.4, -0.2) is 41.3 Å². The molecule has 1 saturated heterocycles. The van der Waals surface area contributed by atoms with Crippen molar-refractivity contribution in [3.05, 3.63) is 59.4 Å². The van der Waals surface area contributed by atoms with Crippen molar-refractivity contribution in [2.75, 3.05) is 26.0 Å². The third-order valence-electron chi connectivity index (χ3n) is 6.46. The molecular formula is C23H24N2O4S. The van der Waals surface area contributed by atoms with Crippen LogP contribution in [0.25, 0.3) is 11.0 Å². The summed E-state index contributed by atoms with van der Waals surface area (Å²) in [5.74, 6) is 0.938. The third-order valence-corrected chi connectivity index (χ3v) is 7.39. The standard InChI is InChI=1S/C23H24N2O4S/c1-30(27)21-13-28-19-5-3-16(11-17(19)21)22(26)25-8-6-23(7-9-25)14-29-20-4-2-15(12-24)10-18(20)23/h2-5,10-11,13H,6-9,12,14,24H2,1H3. The van der Waals surface area contributed by atoms with Gasteiger partial charge in [0.05, 0.1) is 12.0 Å². The number of nitrogens with zero attached hydrogens (tertiary/aromatic N) is 1. The van der Waals surface area contributed by atoms with E-state index in [9.17, 15) is 9.35 Å². The van der Waals surface area contributed by atoms with E-state index in [2.05, 4.69) is 6.07 Å². The van der Waals surface area contributed by atoms with E-state index in [-0.39, 0.29) is 11.3 Å². The molecule has 3 heterocycles. The lowest BCUT2D eigenvalue weighted by Gasteiger charge is -2.38. The number of furan rings is 1. The molecule has 3 aromatic rings. The molecule has 1 atom stereocenters. The van der Waals surface area contributed by atoms with Crippen molar-refractivity contribution >= 4 is 28.1 Å². The molecule has 6 nitrogen and oxygen atoms in total. The Balaban J connectivity index is 1.36. The second-order valence-corrected chi connectivity index (χ2v) is 9.51. The molecule has 2 N–H and O–H groups in total. The number of carbonyl (C=O) groups is 1. The normalized spacial score (nSPS) is 18.4. The van der Waals surface area contributed by atoms with Crippen molar-refractivity contribution in [1.82, 2.24) is 4.90 Å². The van der Waals surface area contributed by atoms with Crippen LogP contribution in [0.2, 0.25) is 0 Å². The van der Waals surface area contributed by atoms with Gasteiger partial charge >= 0.3 is 0 Å². The number of ether oxygens (including phenoxy) is 1. The minimum absolute atomic E-state index is 0.00404. The zero-order chi connectivity index (χ0) is 20.9. The average molecular weight is 425 g/mol. The summed E-state index contributed by atoms with van der Waals surface area (Å²) in [5.41, 5.74) is 9.36. The van der Waals surface area contributed by atoms with E-state index >= 15 is 0 Å². The predicted molar refractivity (Wildman–Crippen MR) is 115 cm³/mol. The predicted octanol–water partition coefficient (Wildman–Crippen LogP) is 3.20. The summed E-state index contributed by atoms with van der Waals surface area (Å²) in [7, 11) is 0. The summed E-state index contributed by atoms with van der Waals surface area (Å²) >= 11 is -1.17. The van der Waals surface area contributed by atoms with Crippen molar-refractivity contribution < 1.29 is 18.5 Å². The number of hydrogen-bond donors (Lipinski definition) is 1. The van der Waals surface area contributed by atoms with Gasteiger partial charge in [0, 0.05) is 36.2 Å². The number of nitrogens with two attached hydrogens (primary N) is 1. The Hall–Kier alpha value is -2.48. The van der Waals surface area contributed by atoms with Crippen LogP contribution >= 0.6 is 0 Å². The van der Waals surface area contributed by atoms with Gasteiger partial charge in [-0.2, -0.15) is 0 Å². The highest BCUT2D eigenvalue weighted by Crippen LogP contribution is 2.46. The molecule has 2 aromatic carbocycles. The molecule has 0 bridgehead atoms. The van der Waals surface area contributed by atoms with Gasteiger partial charge in [-0.1, -0.05) is 12.1 Å². The van der Waals surface area contributed by atoms with Gasteiger partial charge in [0.15, 0.2) is 4.90 Å². The Morgan fingerprint density at radius 3 is 2.77 bits per heavy atom. The maximum absolute atomic E-state index is 13.2. The molecule has 2 aliphatic rings. The van der Waals surface area contributed by atoms with E-state index in [1.807, 2.05) is 17.0 Å². The summed E-state index contributed by atoms with van der Waals surface area (Å²) in [4.78, 5) is 15.7. The Bertz CT molecular complexity index is 1120. The van der Waals surface area contributed by atoms with Gasteiger partial charge in [-0.15, -0.1) is 0 Å². The first-order valence-corrected chi connectivity index (χ1v) is 11.7. The molecule has 1 fully saturated rings. The molecule has 7 heteroatoms. The third kappa shape index (κ3) is 3.09. The van der Waals surface area contributed by atoms with Crippen molar-refractivity contribution in [2.24, 2.45) is 5.73 Å². The molecule has 30 heavy (non-hydrogen) atoms. The Morgan fingerprint density at radius 1 is 1.23 bits per heavy atom. The maximum atomic E-state index is 13.2. The number of hydrogen-bond acceptors (Lipinski definition) is 5. The molecule has 1 spiro atoms. The highest BCUT2D eigenvalue weighted by atomic mass is 32.2. The number of likely N-dealkylation sites (tertiary alicyclic amines) is 1. The summed E-state index contributed by atoms with van der Waals surface area (Å²) in [6.07, 6.45) is 4.84. The average Bonchev–Trinajstić information content (AvgIpc) is 3.35. The molecule has 1 aromatic heterocycles. The van der Waals surface area contributed by atoms with Crippen molar-refractivity contribution in [3.63, 3.8) is 0 Å². The van der Waals surface area contributed by atoms with Gasteiger partial charge in [-0.3, -0.25) is 4.79 Å². The van der Waals surface area contributed by atoms with Crippen LogP contribution in [-0.2, 0) is 23.1 Å². The Kier molecular flexibility index (Phi) is 4.76. The fourth-order valence-corrected chi connectivity index (χ4v) is 5.29. The van der Waals surface area contributed by atoms with E-state index in [4.69, 9.17) is 14.9 Å². The van der Waals surface area contributed by atoms with E-state index in [1.54, 1.807) is 24.5 Å². The SMILES string of the molecule is C[S+]([O-])c1coc2ccc(C(=O)N3CCC4(CC3)COc3ccc(CN)cc34)cc12. The monoisotopic (exact) mass is 424 g/mol. The van der Waals surface area contributed by atoms with Crippen LogP contribution < -0.4 is 10.5 Å². The van der Waals surface area contributed by atoms with E-state index < -0.39 is 11.2 Å². The first-order valence-electron chi connectivity index (χ1n) is 10.1. The number of amides is 1. The van der Waals surface area contributed by atoms with Crippen LogP contribution in [0, 0.1) is 0 Å². The number of carbonyl (C=O) groups excluding carboxylic acids is 1. The Labute approximate surface area is 178 Å². The molecule has 1 amide bonds. The van der Waals surface area contributed by atoms with Crippen LogP contribution in [0.5, 0.6) is 5.75 Å². The van der Waals surface area contributed by atoms with Gasteiger partial charge in [0.25, 0.3) is 5.91 Å². The summed E-state index contributed by atoms with van der Waals surface area (Å²) in [6, 6.07) is 11.5. The smallest absolute Gasteiger partial charge is 0.253 e. The van der Waals surface area contributed by atoms with Gasteiger partial charge in [0.1, 0.15) is 23.9 Å². The lowest BCUT2D eigenvalue weighted by molar-refractivity contribution is 0.0646. The Morgan fingerprint density at radius 2 is 2.03 bits per heavy atom. The number of fused-ring (bicyclic) bond motifs is 3. The van der Waals surface area contributed by atoms with Crippen molar-refractivity contribution in [2.45, 2.75) is 29.7 Å². The fraction of sp³-hybridized carbons (Fsp3) is 0.348. The molecule has 0 radical (unpaired) electrons. The molecule has 156 valence electrons. The largest absolute Gasteiger partial charge is 0.612 e. The van der Waals surface area contributed by atoms with Crippen LogP contribution in [0.15, 0.2) is 52.0 Å². The highest BCUT2D eigenvalue weighted by molar-refractivity contribution is 7.91. The summed E-state index contributed by atoms with van der Waals surface area (Å²) in [5, 5.41) is 0.739. The lowest BCUT2D eigenvalue weighted by Crippen LogP contribution is -2.46. The number of rotatable bonds is 3. The van der Waals surface area contributed by atoms with Gasteiger partial charge in [-0.25, -0.2) is 0 Å². The molecule has 5 rings (SSSR count). The molecule has 0 saturated carbocycles. The highest BCUT2D eigenvalue weighted by Gasteiger charge is 2.44. The summed E-state index contributed by atoms with van der Waals surface area (Å²) < 4.78 is 23.4. The van der Waals surface area contributed by atoms with Gasteiger partial charge in [-0.05, 0) is 53.8 Å². The van der Waals surface area contributed by atoms with Crippen LogP contribution in [0.1, 0.15) is 34.3 Å². The summed E-state index contributed by atoms with van der Waals surface area (Å²) in [6.45, 7) is 2.51. The molecule has 0 aliphatic carbocycles. The first-order chi connectivity index (χ1) is 14.5. The number of piperidine rings is 1. The molecular weight excluding hydrogens is 400 g/mol. The first kappa shape index (κ1) is 19.5. The number of benzene rings is 2. The second kappa shape index (κ2) is 7.34.